The summed E-state index contributed by atoms with van der Waals surface area (Å²) >= 11 is 0. The Morgan fingerprint density at radius 2 is 1.60 bits per heavy atom. The smallest absolute Gasteiger partial charge is 0.0106 e. The van der Waals surface area contributed by atoms with E-state index < -0.39 is 0 Å². The van der Waals surface area contributed by atoms with Crippen molar-refractivity contribution in [3.63, 3.8) is 0 Å². The van der Waals surface area contributed by atoms with Crippen molar-refractivity contribution >= 4 is 0 Å². The highest BCUT2D eigenvalue weighted by Gasteiger charge is 2.19. The molecule has 0 aromatic rings. The molecule has 1 rings (SSSR count). The largest absolute Gasteiger partial charge is 0.328 e. The summed E-state index contributed by atoms with van der Waals surface area (Å²) in [4.78, 5) is 4.70. The van der Waals surface area contributed by atoms with Crippen LogP contribution >= 0.6 is 0 Å². The van der Waals surface area contributed by atoms with E-state index in [4.69, 9.17) is 5.73 Å². The lowest BCUT2D eigenvalue weighted by Gasteiger charge is -2.30. The van der Waals surface area contributed by atoms with Crippen molar-refractivity contribution < 1.29 is 0 Å². The maximum Gasteiger partial charge on any atom is 0.0106 e. The van der Waals surface area contributed by atoms with Crippen LogP contribution in [0, 0.1) is 5.92 Å². The number of nitrogens with zero attached hydrogens (tertiary/aromatic N) is 2. The van der Waals surface area contributed by atoms with Gasteiger partial charge >= 0.3 is 0 Å². The third kappa shape index (κ3) is 5.50. The number of nitrogens with two attached hydrogens (primary N) is 1. The Balaban J connectivity index is 2.12. The monoisotopic (exact) mass is 213 g/mol. The van der Waals surface area contributed by atoms with E-state index >= 15 is 0 Å². The number of rotatable bonds is 5. The molecule has 0 aromatic carbocycles. The summed E-state index contributed by atoms with van der Waals surface area (Å²) in [6, 6.07) is 0.480. The molecule has 0 amide bonds. The van der Waals surface area contributed by atoms with Crippen LogP contribution in [0.5, 0.6) is 0 Å². The Labute approximate surface area is 94.6 Å². The minimum atomic E-state index is 0.480. The summed E-state index contributed by atoms with van der Waals surface area (Å²) in [7, 11) is 6.50. The van der Waals surface area contributed by atoms with Crippen LogP contribution in [-0.2, 0) is 0 Å². The molecule has 0 spiro atoms. The lowest BCUT2D eigenvalue weighted by molar-refractivity contribution is 0.209. The Kier molecular flexibility index (Phi) is 5.58. The SMILES string of the molecule is CN(C)CCN(C)CC1CCC(N)CC1. The normalized spacial score (nSPS) is 27.6. The van der Waals surface area contributed by atoms with E-state index in [1.54, 1.807) is 0 Å². The van der Waals surface area contributed by atoms with Crippen LogP contribution in [0.2, 0.25) is 0 Å². The molecular weight excluding hydrogens is 186 g/mol. The zero-order chi connectivity index (χ0) is 11.3. The third-order valence-electron chi connectivity index (χ3n) is 3.39. The molecule has 2 N–H and O–H groups in total. The van der Waals surface area contributed by atoms with Crippen molar-refractivity contribution in [1.82, 2.24) is 9.80 Å². The molecule has 0 bridgehead atoms. The van der Waals surface area contributed by atoms with Crippen molar-refractivity contribution in [3.05, 3.63) is 0 Å². The van der Waals surface area contributed by atoms with Crippen molar-refractivity contribution in [2.75, 3.05) is 40.8 Å². The van der Waals surface area contributed by atoms with Crippen molar-refractivity contribution in [2.24, 2.45) is 11.7 Å². The zero-order valence-electron chi connectivity index (χ0n) is 10.6. The molecule has 3 nitrogen and oxygen atoms in total. The van der Waals surface area contributed by atoms with Crippen molar-refractivity contribution in [2.45, 2.75) is 31.7 Å². The van der Waals surface area contributed by atoms with E-state index in [0.717, 1.165) is 12.5 Å². The lowest BCUT2D eigenvalue weighted by Crippen LogP contribution is -2.35. The fourth-order valence-corrected chi connectivity index (χ4v) is 2.27. The van der Waals surface area contributed by atoms with Gasteiger partial charge in [0.1, 0.15) is 0 Å². The van der Waals surface area contributed by atoms with Crippen LogP contribution in [0.3, 0.4) is 0 Å². The average molecular weight is 213 g/mol. The first-order valence-corrected chi connectivity index (χ1v) is 6.16. The quantitative estimate of drug-likeness (QED) is 0.739. The average Bonchev–Trinajstić information content (AvgIpc) is 2.19. The molecule has 0 saturated heterocycles. The molecule has 0 unspecified atom stereocenters. The van der Waals surface area contributed by atoms with Crippen LogP contribution < -0.4 is 5.73 Å². The van der Waals surface area contributed by atoms with Crippen LogP contribution in [0.25, 0.3) is 0 Å². The second kappa shape index (κ2) is 6.46. The second-order valence-corrected chi connectivity index (χ2v) is 5.35. The molecule has 1 saturated carbocycles. The van der Waals surface area contributed by atoms with Crippen LogP contribution in [0.4, 0.5) is 0 Å². The van der Waals surface area contributed by atoms with Crippen LogP contribution in [-0.4, -0.2) is 56.6 Å². The molecule has 0 heterocycles. The molecule has 3 heteroatoms. The second-order valence-electron chi connectivity index (χ2n) is 5.35. The maximum atomic E-state index is 5.91. The van der Waals surface area contributed by atoms with E-state index in [9.17, 15) is 0 Å². The molecule has 0 aromatic heterocycles. The summed E-state index contributed by atoms with van der Waals surface area (Å²) in [6.45, 7) is 3.58. The lowest BCUT2D eigenvalue weighted by atomic mass is 9.86. The van der Waals surface area contributed by atoms with E-state index in [0.29, 0.717) is 6.04 Å². The molecule has 0 aliphatic heterocycles. The first kappa shape index (κ1) is 12.9. The van der Waals surface area contributed by atoms with Gasteiger partial charge in [-0.2, -0.15) is 0 Å². The highest BCUT2D eigenvalue weighted by molar-refractivity contribution is 4.76. The van der Waals surface area contributed by atoms with Gasteiger partial charge in [-0.1, -0.05) is 0 Å². The van der Waals surface area contributed by atoms with Crippen LogP contribution in [0.1, 0.15) is 25.7 Å². The van der Waals surface area contributed by atoms with Gasteiger partial charge in [0.15, 0.2) is 0 Å². The number of hydrogen-bond acceptors (Lipinski definition) is 3. The summed E-state index contributed by atoms with van der Waals surface area (Å²) in [6.07, 6.45) is 5.11. The Morgan fingerprint density at radius 1 is 1.00 bits per heavy atom. The minimum absolute atomic E-state index is 0.480. The Bertz CT molecular complexity index is 162. The molecule has 0 radical (unpaired) electrons. The minimum Gasteiger partial charge on any atom is -0.328 e. The molecule has 0 atom stereocenters. The third-order valence-corrected chi connectivity index (χ3v) is 3.39. The Hall–Kier alpha value is -0.120. The van der Waals surface area contributed by atoms with E-state index in [1.165, 1.54) is 38.8 Å². The first-order valence-electron chi connectivity index (χ1n) is 6.16. The predicted molar refractivity (Wildman–Crippen MR) is 66.0 cm³/mol. The van der Waals surface area contributed by atoms with Gasteiger partial charge in [-0.3, -0.25) is 0 Å². The summed E-state index contributed by atoms with van der Waals surface area (Å²) < 4.78 is 0. The topological polar surface area (TPSA) is 32.5 Å². The maximum absolute atomic E-state index is 5.91. The van der Waals surface area contributed by atoms with Gasteiger partial charge in [0.2, 0.25) is 0 Å². The molecule has 1 aliphatic carbocycles. The zero-order valence-corrected chi connectivity index (χ0v) is 10.6. The molecule has 90 valence electrons. The van der Waals surface area contributed by atoms with Gasteiger partial charge in [0.25, 0.3) is 0 Å². The van der Waals surface area contributed by atoms with E-state index in [-0.39, 0.29) is 0 Å². The van der Waals surface area contributed by atoms with Crippen LogP contribution in [0.15, 0.2) is 0 Å². The number of likely N-dealkylation sites (N-methyl/N-ethyl adjacent to an activating group) is 2. The number of hydrogen-bond donors (Lipinski definition) is 1. The predicted octanol–water partition coefficient (Wildman–Crippen LogP) is 0.997. The van der Waals surface area contributed by atoms with Gasteiger partial charge < -0.3 is 15.5 Å². The molecule has 15 heavy (non-hydrogen) atoms. The standard InChI is InChI=1S/C12H27N3/c1-14(2)8-9-15(3)10-11-4-6-12(13)7-5-11/h11-12H,4-10,13H2,1-3H3. The first-order chi connectivity index (χ1) is 7.08. The summed E-state index contributed by atoms with van der Waals surface area (Å²) in [5, 5.41) is 0. The highest BCUT2D eigenvalue weighted by atomic mass is 15.1. The molecule has 1 aliphatic rings. The summed E-state index contributed by atoms with van der Waals surface area (Å²) in [5.74, 6) is 0.886. The van der Waals surface area contributed by atoms with Gasteiger partial charge in [-0.05, 0) is 52.7 Å². The fourth-order valence-electron chi connectivity index (χ4n) is 2.27. The van der Waals surface area contributed by atoms with E-state index in [2.05, 4.69) is 30.9 Å². The van der Waals surface area contributed by atoms with E-state index in [1.807, 2.05) is 0 Å². The van der Waals surface area contributed by atoms with Gasteiger partial charge in [0.05, 0.1) is 0 Å². The fraction of sp³-hybridized carbons (Fsp3) is 1.00. The highest BCUT2D eigenvalue weighted by Crippen LogP contribution is 2.23. The van der Waals surface area contributed by atoms with Crippen molar-refractivity contribution in [1.29, 1.82) is 0 Å². The molecular formula is C12H27N3. The van der Waals surface area contributed by atoms with Gasteiger partial charge in [-0.15, -0.1) is 0 Å². The molecule has 1 fully saturated rings. The summed E-state index contributed by atoms with van der Waals surface area (Å²) in [5.41, 5.74) is 5.91. The van der Waals surface area contributed by atoms with Gasteiger partial charge in [-0.25, -0.2) is 0 Å². The Morgan fingerprint density at radius 3 is 2.13 bits per heavy atom. The van der Waals surface area contributed by atoms with Gasteiger partial charge in [0, 0.05) is 25.7 Å². The van der Waals surface area contributed by atoms with Crippen molar-refractivity contribution in [3.8, 4) is 0 Å².